The molecule has 6 N–H and O–H groups in total. The number of benzene rings is 2. The molecule has 0 aromatic heterocycles. The number of unbranched alkanes of at least 4 members (excludes halogenated alkanes) is 5. The molecule has 0 aliphatic rings. The molecule has 0 spiro atoms. The molecule has 0 heterocycles. The predicted molar refractivity (Wildman–Crippen MR) is 171 cm³/mol. The lowest BCUT2D eigenvalue weighted by molar-refractivity contribution is -0.126. The van der Waals surface area contributed by atoms with Crippen molar-refractivity contribution in [2.24, 2.45) is 11.8 Å². The van der Waals surface area contributed by atoms with Crippen molar-refractivity contribution in [2.45, 2.75) is 105 Å². The second-order valence-electron chi connectivity index (χ2n) is 11.6. The molecule has 44 heavy (non-hydrogen) atoms. The van der Waals surface area contributed by atoms with E-state index in [4.69, 9.17) is 0 Å². The van der Waals surface area contributed by atoms with Crippen LogP contribution in [0.4, 0.5) is 0 Å². The fourth-order valence-corrected chi connectivity index (χ4v) is 4.75. The number of carbonyl (C=O) groups is 4. The first-order valence-corrected chi connectivity index (χ1v) is 15.9. The average Bonchev–Trinajstić information content (AvgIpc) is 3.01. The maximum Gasteiger partial charge on any atom is 0.273 e. The first kappa shape index (κ1) is 36.1. The topological polar surface area (TPSA) is 157 Å². The summed E-state index contributed by atoms with van der Waals surface area (Å²) in [6, 6.07) is 9.91. The first-order chi connectivity index (χ1) is 21.1. The van der Waals surface area contributed by atoms with E-state index in [-0.39, 0.29) is 46.3 Å². The van der Waals surface area contributed by atoms with Gasteiger partial charge in [-0.25, -0.2) is 0 Å². The SMILES string of the molecule is CCCCc1ccc(C(=O)NNC(=O)C(C)CCCCCCC(C)C(=O)NNC(=O)c2ccc(CCCC)cc2O)c(O)c1. The van der Waals surface area contributed by atoms with Gasteiger partial charge in [0.25, 0.3) is 11.8 Å². The highest BCUT2D eigenvalue weighted by atomic mass is 16.3. The highest BCUT2D eigenvalue weighted by molar-refractivity contribution is 5.98. The number of hydrogen-bond acceptors (Lipinski definition) is 6. The summed E-state index contributed by atoms with van der Waals surface area (Å²) < 4.78 is 0. The average molecular weight is 611 g/mol. The molecule has 2 rings (SSSR count). The van der Waals surface area contributed by atoms with Gasteiger partial charge in [-0.3, -0.25) is 40.9 Å². The summed E-state index contributed by atoms with van der Waals surface area (Å²) in [5.41, 5.74) is 11.8. The number of nitrogens with one attached hydrogen (secondary N) is 4. The number of amides is 4. The monoisotopic (exact) mass is 610 g/mol. The minimum absolute atomic E-state index is 0.107. The van der Waals surface area contributed by atoms with Crippen LogP contribution in [0.3, 0.4) is 0 Å². The minimum atomic E-state index is -0.572. The predicted octanol–water partition coefficient (Wildman–Crippen LogP) is 5.62. The minimum Gasteiger partial charge on any atom is -0.507 e. The van der Waals surface area contributed by atoms with Gasteiger partial charge < -0.3 is 10.2 Å². The maximum atomic E-state index is 12.4. The number of hydrogen-bond donors (Lipinski definition) is 6. The molecule has 2 aromatic carbocycles. The number of hydrazine groups is 2. The number of aryl methyl sites for hydroxylation is 2. The Morgan fingerprint density at radius 1 is 0.591 bits per heavy atom. The molecule has 4 amide bonds. The smallest absolute Gasteiger partial charge is 0.273 e. The van der Waals surface area contributed by atoms with Crippen LogP contribution in [0, 0.1) is 11.8 Å². The molecule has 242 valence electrons. The summed E-state index contributed by atoms with van der Waals surface area (Å²) in [5, 5.41) is 20.4. The summed E-state index contributed by atoms with van der Waals surface area (Å²) in [7, 11) is 0. The van der Waals surface area contributed by atoms with Gasteiger partial charge in [0.15, 0.2) is 0 Å². The lowest BCUT2D eigenvalue weighted by atomic mass is 9.99. The Labute approximate surface area is 261 Å². The third-order valence-corrected chi connectivity index (χ3v) is 7.77. The fraction of sp³-hybridized carbons (Fsp3) is 0.529. The molecule has 2 atom stereocenters. The van der Waals surface area contributed by atoms with Crippen molar-refractivity contribution in [3.05, 3.63) is 58.7 Å². The van der Waals surface area contributed by atoms with Gasteiger partial charge >= 0.3 is 0 Å². The molecule has 0 radical (unpaired) electrons. The summed E-state index contributed by atoms with van der Waals surface area (Å²) in [5.74, 6) is -2.58. The normalized spacial score (nSPS) is 12.2. The van der Waals surface area contributed by atoms with E-state index >= 15 is 0 Å². The first-order valence-electron chi connectivity index (χ1n) is 15.9. The summed E-state index contributed by atoms with van der Waals surface area (Å²) >= 11 is 0. The molecule has 0 aliphatic heterocycles. The fourth-order valence-electron chi connectivity index (χ4n) is 4.75. The number of phenolic OH excluding ortho intramolecular Hbond substituents is 2. The Kier molecular flexibility index (Phi) is 15.8. The summed E-state index contributed by atoms with van der Waals surface area (Å²) in [6.07, 6.45) is 10.4. The number of carbonyl (C=O) groups excluding carboxylic acids is 4. The van der Waals surface area contributed by atoms with E-state index in [2.05, 4.69) is 35.6 Å². The van der Waals surface area contributed by atoms with Crippen LogP contribution >= 0.6 is 0 Å². The van der Waals surface area contributed by atoms with Gasteiger partial charge in [-0.1, -0.05) is 78.4 Å². The van der Waals surface area contributed by atoms with E-state index in [1.54, 1.807) is 50.2 Å². The van der Waals surface area contributed by atoms with Crippen molar-refractivity contribution in [3.63, 3.8) is 0 Å². The van der Waals surface area contributed by atoms with Crippen molar-refractivity contribution in [1.29, 1.82) is 0 Å². The van der Waals surface area contributed by atoms with Gasteiger partial charge in [0.05, 0.1) is 11.1 Å². The van der Waals surface area contributed by atoms with Crippen molar-refractivity contribution in [1.82, 2.24) is 21.7 Å². The van der Waals surface area contributed by atoms with Crippen molar-refractivity contribution in [3.8, 4) is 11.5 Å². The van der Waals surface area contributed by atoms with Crippen LogP contribution in [0.25, 0.3) is 0 Å². The molecular weight excluding hydrogens is 560 g/mol. The van der Waals surface area contributed by atoms with E-state index in [9.17, 15) is 29.4 Å². The highest BCUT2D eigenvalue weighted by Gasteiger charge is 2.18. The van der Waals surface area contributed by atoms with E-state index in [0.29, 0.717) is 12.8 Å². The quantitative estimate of drug-likeness (QED) is 0.101. The lowest BCUT2D eigenvalue weighted by Gasteiger charge is -2.14. The lowest BCUT2D eigenvalue weighted by Crippen LogP contribution is -2.44. The third-order valence-electron chi connectivity index (χ3n) is 7.77. The molecule has 2 aromatic rings. The third kappa shape index (κ3) is 12.3. The molecule has 10 nitrogen and oxygen atoms in total. The molecule has 0 aliphatic carbocycles. The maximum absolute atomic E-state index is 12.4. The van der Waals surface area contributed by atoms with E-state index in [1.165, 1.54) is 0 Å². The zero-order valence-electron chi connectivity index (χ0n) is 26.6. The van der Waals surface area contributed by atoms with E-state index < -0.39 is 11.8 Å². The molecule has 0 saturated heterocycles. The Morgan fingerprint density at radius 3 is 1.32 bits per heavy atom. The van der Waals surface area contributed by atoms with Crippen LogP contribution in [0.1, 0.15) is 124 Å². The Hall–Kier alpha value is -4.08. The number of phenols is 2. The van der Waals surface area contributed by atoms with Crippen LogP contribution in [0.2, 0.25) is 0 Å². The van der Waals surface area contributed by atoms with Crippen LogP contribution in [0.15, 0.2) is 36.4 Å². The molecule has 0 bridgehead atoms. The Morgan fingerprint density at radius 2 is 0.977 bits per heavy atom. The molecular formula is C34H50N4O6. The standard InChI is InChI=1S/C34H50N4O6/c1-5-7-15-25-17-19-27(29(39)21-25)33(43)37-35-31(41)23(3)13-11-9-10-12-14-24(4)32(42)36-38-34(44)28-20-18-26(16-8-6-2)22-30(28)40/h17-24,39-40H,5-16H2,1-4H3,(H,35,41)(H,36,42)(H,37,43)(H,38,44). The second kappa shape index (κ2) is 19.2. The number of rotatable bonds is 17. The van der Waals surface area contributed by atoms with Gasteiger partial charge in [-0.2, -0.15) is 0 Å². The van der Waals surface area contributed by atoms with Gasteiger partial charge in [0.2, 0.25) is 11.8 Å². The summed E-state index contributed by atoms with van der Waals surface area (Å²) in [4.78, 5) is 49.6. The van der Waals surface area contributed by atoms with Crippen LogP contribution in [-0.2, 0) is 22.4 Å². The van der Waals surface area contributed by atoms with E-state index in [0.717, 1.165) is 75.3 Å². The molecule has 2 unspecified atom stereocenters. The number of aromatic hydroxyl groups is 2. The van der Waals surface area contributed by atoms with Crippen LogP contribution < -0.4 is 21.7 Å². The second-order valence-corrected chi connectivity index (χ2v) is 11.6. The zero-order valence-corrected chi connectivity index (χ0v) is 26.6. The van der Waals surface area contributed by atoms with Gasteiger partial charge in [-0.05, 0) is 73.9 Å². The van der Waals surface area contributed by atoms with Crippen molar-refractivity contribution < 1.29 is 29.4 Å². The van der Waals surface area contributed by atoms with Crippen LogP contribution in [-0.4, -0.2) is 33.8 Å². The Bertz CT molecular complexity index is 1150. The van der Waals surface area contributed by atoms with Gasteiger partial charge in [0, 0.05) is 11.8 Å². The zero-order chi connectivity index (χ0) is 32.5. The van der Waals surface area contributed by atoms with Crippen molar-refractivity contribution >= 4 is 23.6 Å². The van der Waals surface area contributed by atoms with Gasteiger partial charge in [0.1, 0.15) is 11.5 Å². The molecule has 0 saturated carbocycles. The van der Waals surface area contributed by atoms with Crippen LogP contribution in [0.5, 0.6) is 11.5 Å². The van der Waals surface area contributed by atoms with Crippen molar-refractivity contribution in [2.75, 3.05) is 0 Å². The molecule has 0 fully saturated rings. The van der Waals surface area contributed by atoms with E-state index in [1.807, 2.05) is 0 Å². The van der Waals surface area contributed by atoms with Gasteiger partial charge in [-0.15, -0.1) is 0 Å². The largest absolute Gasteiger partial charge is 0.507 e. The summed E-state index contributed by atoms with van der Waals surface area (Å²) in [6.45, 7) is 7.76. The molecule has 10 heteroatoms. The highest BCUT2D eigenvalue weighted by Crippen LogP contribution is 2.21. The Balaban J connectivity index is 1.61.